The van der Waals surface area contributed by atoms with Gasteiger partial charge >= 0.3 is 0 Å². The Balaban J connectivity index is 1.84. The number of hydrogen-bond acceptors (Lipinski definition) is 3. The van der Waals surface area contributed by atoms with Crippen molar-refractivity contribution in [2.45, 2.75) is 58.0 Å². The fourth-order valence-electron chi connectivity index (χ4n) is 3.15. The first-order valence-corrected chi connectivity index (χ1v) is 7.92. The average Bonchev–Trinajstić information content (AvgIpc) is 2.47. The summed E-state index contributed by atoms with van der Waals surface area (Å²) in [5.74, 6) is 0.359. The van der Waals surface area contributed by atoms with Gasteiger partial charge in [-0.2, -0.15) is 0 Å². The van der Waals surface area contributed by atoms with Gasteiger partial charge in [0.1, 0.15) is 6.04 Å². The van der Waals surface area contributed by atoms with Crippen molar-refractivity contribution in [1.82, 2.24) is 15.5 Å². The van der Waals surface area contributed by atoms with E-state index in [9.17, 15) is 9.59 Å². The molecule has 2 N–H and O–H groups in total. The smallest absolute Gasteiger partial charge is 0.244 e. The molecule has 0 aromatic rings. The largest absolute Gasteiger partial charge is 0.343 e. The molecule has 2 rings (SSSR count). The van der Waals surface area contributed by atoms with Crippen LogP contribution in [-0.2, 0) is 9.59 Å². The molecule has 0 aromatic heterocycles. The summed E-state index contributed by atoms with van der Waals surface area (Å²) in [6, 6.07) is -0.572. The van der Waals surface area contributed by atoms with Crippen LogP contribution in [0, 0.1) is 5.92 Å². The molecule has 2 amide bonds. The van der Waals surface area contributed by atoms with Crippen LogP contribution < -0.4 is 10.6 Å². The number of nitrogens with one attached hydrogen (secondary N) is 2. The molecule has 0 bridgehead atoms. The minimum absolute atomic E-state index is 0.0324. The standard InChI is InChI=1S/C15H27N3O2/c1-11-7-6-8-16-13(11)14(19)17-12(2)15(20)18-9-4-3-5-10-18/h11-13,16H,3-10H2,1-2H3,(H,17,19). The highest BCUT2D eigenvalue weighted by atomic mass is 16.2. The Kier molecular flexibility index (Phi) is 5.40. The van der Waals surface area contributed by atoms with Crippen molar-refractivity contribution in [1.29, 1.82) is 0 Å². The van der Waals surface area contributed by atoms with E-state index in [1.165, 1.54) is 6.42 Å². The first-order chi connectivity index (χ1) is 9.59. The maximum atomic E-state index is 12.3. The van der Waals surface area contributed by atoms with Crippen LogP contribution in [0.1, 0.15) is 46.0 Å². The molecule has 2 heterocycles. The molecular weight excluding hydrogens is 254 g/mol. The molecule has 0 aliphatic carbocycles. The molecule has 0 radical (unpaired) electrons. The van der Waals surface area contributed by atoms with E-state index in [0.717, 1.165) is 45.3 Å². The van der Waals surface area contributed by atoms with Crippen LogP contribution in [0.15, 0.2) is 0 Å². The summed E-state index contributed by atoms with van der Waals surface area (Å²) in [5, 5.41) is 6.14. The monoisotopic (exact) mass is 281 g/mol. The van der Waals surface area contributed by atoms with Crippen molar-refractivity contribution in [2.75, 3.05) is 19.6 Å². The van der Waals surface area contributed by atoms with Gasteiger partial charge in [-0.05, 0) is 51.5 Å². The third-order valence-corrected chi connectivity index (χ3v) is 4.45. The van der Waals surface area contributed by atoms with Gasteiger partial charge in [0.15, 0.2) is 0 Å². The van der Waals surface area contributed by atoms with E-state index >= 15 is 0 Å². The number of hydrogen-bond donors (Lipinski definition) is 2. The maximum absolute atomic E-state index is 12.3. The maximum Gasteiger partial charge on any atom is 0.244 e. The van der Waals surface area contributed by atoms with E-state index in [1.807, 2.05) is 4.90 Å². The zero-order valence-corrected chi connectivity index (χ0v) is 12.7. The van der Waals surface area contributed by atoms with Crippen LogP contribution in [0.2, 0.25) is 0 Å². The zero-order chi connectivity index (χ0) is 14.5. The SMILES string of the molecule is CC(NC(=O)C1NCCCC1C)C(=O)N1CCCCC1. The third kappa shape index (κ3) is 3.72. The van der Waals surface area contributed by atoms with Gasteiger partial charge in [-0.15, -0.1) is 0 Å². The number of carbonyl (C=O) groups is 2. The number of rotatable bonds is 3. The predicted octanol–water partition coefficient (Wildman–Crippen LogP) is 0.892. The van der Waals surface area contributed by atoms with Gasteiger partial charge in [0.25, 0.3) is 0 Å². The molecule has 2 fully saturated rings. The van der Waals surface area contributed by atoms with Crippen LogP contribution in [0.4, 0.5) is 0 Å². The van der Waals surface area contributed by atoms with Crippen molar-refractivity contribution in [2.24, 2.45) is 5.92 Å². The summed E-state index contributed by atoms with van der Waals surface area (Å²) < 4.78 is 0. The van der Waals surface area contributed by atoms with Gasteiger partial charge < -0.3 is 15.5 Å². The minimum atomic E-state index is -0.420. The Morgan fingerprint density at radius 2 is 1.90 bits per heavy atom. The first kappa shape index (κ1) is 15.3. The Morgan fingerprint density at radius 1 is 1.20 bits per heavy atom. The normalized spacial score (nSPS) is 28.8. The van der Waals surface area contributed by atoms with Crippen LogP contribution in [0.25, 0.3) is 0 Å². The highest BCUT2D eigenvalue weighted by Crippen LogP contribution is 2.16. The summed E-state index contributed by atoms with van der Waals surface area (Å²) in [5.41, 5.74) is 0. The van der Waals surface area contributed by atoms with Crippen molar-refractivity contribution in [3.8, 4) is 0 Å². The van der Waals surface area contributed by atoms with Crippen molar-refractivity contribution < 1.29 is 9.59 Å². The van der Waals surface area contributed by atoms with Gasteiger partial charge in [-0.25, -0.2) is 0 Å². The van der Waals surface area contributed by atoms with Gasteiger partial charge in [0.2, 0.25) is 11.8 Å². The quantitative estimate of drug-likeness (QED) is 0.808. The molecule has 3 unspecified atom stereocenters. The molecule has 5 heteroatoms. The van der Waals surface area contributed by atoms with E-state index in [-0.39, 0.29) is 17.9 Å². The highest BCUT2D eigenvalue weighted by molar-refractivity contribution is 5.89. The molecular formula is C15H27N3O2. The fraction of sp³-hybridized carbons (Fsp3) is 0.867. The lowest BCUT2D eigenvalue weighted by molar-refractivity contribution is -0.137. The van der Waals surface area contributed by atoms with E-state index in [0.29, 0.717) is 5.92 Å². The van der Waals surface area contributed by atoms with Crippen LogP contribution in [0.5, 0.6) is 0 Å². The fourth-order valence-corrected chi connectivity index (χ4v) is 3.15. The van der Waals surface area contributed by atoms with Gasteiger partial charge in [0, 0.05) is 13.1 Å². The summed E-state index contributed by atoms with van der Waals surface area (Å²) in [4.78, 5) is 26.4. The number of carbonyl (C=O) groups excluding carboxylic acids is 2. The Labute approximate surface area is 121 Å². The predicted molar refractivity (Wildman–Crippen MR) is 78.2 cm³/mol. The molecule has 2 aliphatic heterocycles. The Bertz CT molecular complexity index is 353. The van der Waals surface area contributed by atoms with Gasteiger partial charge in [-0.3, -0.25) is 9.59 Å². The third-order valence-electron chi connectivity index (χ3n) is 4.45. The highest BCUT2D eigenvalue weighted by Gasteiger charge is 2.30. The van der Waals surface area contributed by atoms with Crippen molar-refractivity contribution in [3.05, 3.63) is 0 Å². The molecule has 114 valence electrons. The van der Waals surface area contributed by atoms with E-state index < -0.39 is 6.04 Å². The second kappa shape index (κ2) is 7.07. The lowest BCUT2D eigenvalue weighted by atomic mass is 9.92. The second-order valence-electron chi connectivity index (χ2n) is 6.17. The van der Waals surface area contributed by atoms with Gasteiger partial charge in [-0.1, -0.05) is 6.92 Å². The van der Waals surface area contributed by atoms with Gasteiger partial charge in [0.05, 0.1) is 6.04 Å². The summed E-state index contributed by atoms with van der Waals surface area (Å²) in [6.07, 6.45) is 5.54. The van der Waals surface area contributed by atoms with Crippen LogP contribution in [-0.4, -0.2) is 48.4 Å². The summed E-state index contributed by atoms with van der Waals surface area (Å²) in [6.45, 7) is 6.43. The topological polar surface area (TPSA) is 61.4 Å². The van der Waals surface area contributed by atoms with Crippen molar-refractivity contribution in [3.63, 3.8) is 0 Å². The molecule has 0 saturated carbocycles. The number of amides is 2. The number of piperidine rings is 2. The lowest BCUT2D eigenvalue weighted by Crippen LogP contribution is -2.56. The molecule has 2 aliphatic rings. The minimum Gasteiger partial charge on any atom is -0.343 e. The zero-order valence-electron chi connectivity index (χ0n) is 12.7. The van der Waals surface area contributed by atoms with E-state index in [2.05, 4.69) is 17.6 Å². The molecule has 3 atom stereocenters. The lowest BCUT2D eigenvalue weighted by Gasteiger charge is -2.32. The summed E-state index contributed by atoms with van der Waals surface area (Å²) >= 11 is 0. The average molecular weight is 281 g/mol. The molecule has 0 aromatic carbocycles. The van der Waals surface area contributed by atoms with E-state index in [1.54, 1.807) is 6.92 Å². The number of nitrogens with zero attached hydrogens (tertiary/aromatic N) is 1. The Morgan fingerprint density at radius 3 is 2.55 bits per heavy atom. The molecule has 2 saturated heterocycles. The second-order valence-corrected chi connectivity index (χ2v) is 6.17. The molecule has 0 spiro atoms. The van der Waals surface area contributed by atoms with Crippen LogP contribution in [0.3, 0.4) is 0 Å². The molecule has 20 heavy (non-hydrogen) atoms. The molecule has 5 nitrogen and oxygen atoms in total. The van der Waals surface area contributed by atoms with Crippen LogP contribution >= 0.6 is 0 Å². The Hall–Kier alpha value is -1.10. The van der Waals surface area contributed by atoms with E-state index in [4.69, 9.17) is 0 Å². The summed E-state index contributed by atoms with van der Waals surface area (Å²) in [7, 11) is 0. The van der Waals surface area contributed by atoms with Crippen molar-refractivity contribution >= 4 is 11.8 Å². The first-order valence-electron chi connectivity index (χ1n) is 7.92. The number of likely N-dealkylation sites (tertiary alicyclic amines) is 1.